The van der Waals surface area contributed by atoms with Crippen molar-refractivity contribution in [1.29, 1.82) is 0 Å². The Kier molecular flexibility index (Phi) is 7.15. The molecule has 30 heavy (non-hydrogen) atoms. The molecule has 1 atom stereocenters. The molecule has 162 valence electrons. The summed E-state index contributed by atoms with van der Waals surface area (Å²) in [6.07, 6.45) is 3.67. The van der Waals surface area contributed by atoms with Gasteiger partial charge in [-0.15, -0.1) is 0 Å². The van der Waals surface area contributed by atoms with E-state index in [2.05, 4.69) is 22.3 Å². The van der Waals surface area contributed by atoms with Gasteiger partial charge in [-0.05, 0) is 68.6 Å². The molecule has 1 heterocycles. The van der Waals surface area contributed by atoms with Crippen molar-refractivity contribution in [2.45, 2.75) is 45.8 Å². The SMILES string of the molecule is Cc1cccc(N([C@H](C)C(=O)NCc2ccc(CN3CCCC3)cc2)S(C)(=O)=O)c1. The van der Waals surface area contributed by atoms with Crippen LogP contribution < -0.4 is 9.62 Å². The van der Waals surface area contributed by atoms with E-state index in [0.29, 0.717) is 12.2 Å². The highest BCUT2D eigenvalue weighted by Crippen LogP contribution is 2.22. The van der Waals surface area contributed by atoms with Crippen LogP contribution in [0.1, 0.15) is 36.5 Å². The zero-order valence-electron chi connectivity index (χ0n) is 18.0. The topological polar surface area (TPSA) is 69.7 Å². The number of carbonyl (C=O) groups is 1. The molecule has 0 aromatic heterocycles. The van der Waals surface area contributed by atoms with Crippen LogP contribution in [-0.2, 0) is 27.9 Å². The molecule has 1 saturated heterocycles. The van der Waals surface area contributed by atoms with Crippen LogP contribution in [0.25, 0.3) is 0 Å². The molecule has 0 radical (unpaired) electrons. The summed E-state index contributed by atoms with van der Waals surface area (Å²) in [7, 11) is -3.61. The van der Waals surface area contributed by atoms with Crippen molar-refractivity contribution >= 4 is 21.6 Å². The van der Waals surface area contributed by atoms with Crippen LogP contribution in [0, 0.1) is 6.92 Å². The molecule has 0 unspecified atom stereocenters. The molecule has 0 aliphatic carbocycles. The molecular weight excluding hydrogens is 398 g/mol. The van der Waals surface area contributed by atoms with E-state index in [-0.39, 0.29) is 5.91 Å². The molecule has 2 aromatic carbocycles. The maximum atomic E-state index is 12.7. The van der Waals surface area contributed by atoms with Crippen LogP contribution in [0.3, 0.4) is 0 Å². The quantitative estimate of drug-likeness (QED) is 0.700. The van der Waals surface area contributed by atoms with Gasteiger partial charge >= 0.3 is 0 Å². The van der Waals surface area contributed by atoms with Crippen LogP contribution in [0.2, 0.25) is 0 Å². The summed E-state index contributed by atoms with van der Waals surface area (Å²) in [4.78, 5) is 15.2. The summed E-state index contributed by atoms with van der Waals surface area (Å²) >= 11 is 0. The van der Waals surface area contributed by atoms with Crippen LogP contribution in [0.4, 0.5) is 5.69 Å². The number of benzene rings is 2. The van der Waals surface area contributed by atoms with E-state index in [1.807, 2.05) is 25.1 Å². The monoisotopic (exact) mass is 429 g/mol. The minimum atomic E-state index is -3.61. The largest absolute Gasteiger partial charge is 0.350 e. The van der Waals surface area contributed by atoms with E-state index in [0.717, 1.165) is 37.0 Å². The van der Waals surface area contributed by atoms with Crippen molar-refractivity contribution < 1.29 is 13.2 Å². The second-order valence-corrected chi connectivity index (χ2v) is 9.95. The molecule has 0 saturated carbocycles. The highest BCUT2D eigenvalue weighted by Gasteiger charge is 2.29. The predicted molar refractivity (Wildman–Crippen MR) is 121 cm³/mol. The van der Waals surface area contributed by atoms with Crippen LogP contribution in [-0.4, -0.2) is 44.6 Å². The first kappa shape index (κ1) is 22.3. The first-order valence-electron chi connectivity index (χ1n) is 10.4. The Balaban J connectivity index is 1.62. The fourth-order valence-electron chi connectivity index (χ4n) is 3.87. The van der Waals surface area contributed by atoms with E-state index in [1.54, 1.807) is 25.1 Å². The molecule has 1 aliphatic rings. The van der Waals surface area contributed by atoms with E-state index < -0.39 is 16.1 Å². The van der Waals surface area contributed by atoms with Crippen LogP contribution in [0.15, 0.2) is 48.5 Å². The summed E-state index contributed by atoms with van der Waals surface area (Å²) < 4.78 is 25.9. The van der Waals surface area contributed by atoms with Gasteiger partial charge in [0.2, 0.25) is 15.9 Å². The number of nitrogens with one attached hydrogen (secondary N) is 1. The number of hydrogen-bond donors (Lipinski definition) is 1. The van der Waals surface area contributed by atoms with Crippen molar-refractivity contribution in [3.63, 3.8) is 0 Å². The summed E-state index contributed by atoms with van der Waals surface area (Å²) in [5.74, 6) is -0.330. The molecule has 7 heteroatoms. The van der Waals surface area contributed by atoms with Crippen LogP contribution in [0.5, 0.6) is 0 Å². The molecule has 2 aromatic rings. The number of carbonyl (C=O) groups excluding carboxylic acids is 1. The zero-order chi connectivity index (χ0) is 21.7. The van der Waals surface area contributed by atoms with Gasteiger partial charge in [0.1, 0.15) is 6.04 Å². The second-order valence-electron chi connectivity index (χ2n) is 8.09. The fraction of sp³-hybridized carbons (Fsp3) is 0.435. The molecule has 3 rings (SSSR count). The number of nitrogens with zero attached hydrogens (tertiary/aromatic N) is 2. The van der Waals surface area contributed by atoms with Gasteiger partial charge in [0.15, 0.2) is 0 Å². The molecule has 1 fully saturated rings. The average Bonchev–Trinajstić information content (AvgIpc) is 3.19. The Hall–Kier alpha value is -2.38. The van der Waals surface area contributed by atoms with E-state index in [4.69, 9.17) is 0 Å². The number of sulfonamides is 1. The minimum Gasteiger partial charge on any atom is -0.350 e. The third kappa shape index (κ3) is 5.83. The number of hydrogen-bond acceptors (Lipinski definition) is 4. The van der Waals surface area contributed by atoms with Gasteiger partial charge in [-0.1, -0.05) is 36.4 Å². The molecule has 0 spiro atoms. The summed E-state index contributed by atoms with van der Waals surface area (Å²) in [5, 5.41) is 2.87. The number of anilines is 1. The lowest BCUT2D eigenvalue weighted by Crippen LogP contribution is -2.47. The Morgan fingerprint density at radius 1 is 1.10 bits per heavy atom. The number of rotatable bonds is 8. The lowest BCUT2D eigenvalue weighted by Gasteiger charge is -2.28. The van der Waals surface area contributed by atoms with Crippen molar-refractivity contribution in [2.24, 2.45) is 0 Å². The van der Waals surface area contributed by atoms with Crippen molar-refractivity contribution in [1.82, 2.24) is 10.2 Å². The summed E-state index contributed by atoms with van der Waals surface area (Å²) in [6, 6.07) is 14.5. The standard InChI is InChI=1S/C23H31N3O3S/c1-18-7-6-8-22(15-18)26(30(3,28)29)19(2)23(27)24-16-20-9-11-21(12-10-20)17-25-13-4-5-14-25/h6-12,15,19H,4-5,13-14,16-17H2,1-3H3,(H,24,27)/t19-/m1/s1. The molecule has 6 nitrogen and oxygen atoms in total. The number of aryl methyl sites for hydroxylation is 1. The van der Waals surface area contributed by atoms with Gasteiger partial charge in [-0.25, -0.2) is 8.42 Å². The maximum Gasteiger partial charge on any atom is 0.243 e. The lowest BCUT2D eigenvalue weighted by atomic mass is 10.1. The second kappa shape index (κ2) is 9.62. The summed E-state index contributed by atoms with van der Waals surface area (Å²) in [6.45, 7) is 7.14. The first-order valence-corrected chi connectivity index (χ1v) is 12.2. The Morgan fingerprint density at radius 3 is 2.33 bits per heavy atom. The van der Waals surface area contributed by atoms with Gasteiger partial charge in [-0.2, -0.15) is 0 Å². The molecule has 0 bridgehead atoms. The van der Waals surface area contributed by atoms with Gasteiger partial charge in [0.05, 0.1) is 11.9 Å². The van der Waals surface area contributed by atoms with E-state index in [1.165, 1.54) is 22.7 Å². The van der Waals surface area contributed by atoms with Crippen molar-refractivity contribution in [2.75, 3.05) is 23.7 Å². The highest BCUT2D eigenvalue weighted by molar-refractivity contribution is 7.92. The van der Waals surface area contributed by atoms with Gasteiger partial charge < -0.3 is 5.32 Å². The highest BCUT2D eigenvalue weighted by atomic mass is 32.2. The third-order valence-corrected chi connectivity index (χ3v) is 6.68. The average molecular weight is 430 g/mol. The number of amides is 1. The van der Waals surface area contributed by atoms with Gasteiger partial charge in [0.25, 0.3) is 0 Å². The van der Waals surface area contributed by atoms with Gasteiger partial charge in [0, 0.05) is 13.1 Å². The summed E-state index contributed by atoms with van der Waals surface area (Å²) in [5.41, 5.74) is 3.68. The minimum absolute atomic E-state index is 0.330. The van der Waals surface area contributed by atoms with Crippen LogP contribution >= 0.6 is 0 Å². The fourth-order valence-corrected chi connectivity index (χ4v) is 5.04. The maximum absolute atomic E-state index is 12.7. The predicted octanol–water partition coefficient (Wildman–Crippen LogP) is 3.06. The Labute approximate surface area is 179 Å². The van der Waals surface area contributed by atoms with E-state index in [9.17, 15) is 13.2 Å². The first-order chi connectivity index (χ1) is 14.2. The normalized spacial score (nSPS) is 15.7. The molecule has 1 amide bonds. The smallest absolute Gasteiger partial charge is 0.243 e. The Bertz CT molecular complexity index is 967. The van der Waals surface area contributed by atoms with Gasteiger partial charge in [-0.3, -0.25) is 14.0 Å². The Morgan fingerprint density at radius 2 is 1.73 bits per heavy atom. The van der Waals surface area contributed by atoms with Crippen molar-refractivity contribution in [3.8, 4) is 0 Å². The molecular formula is C23H31N3O3S. The zero-order valence-corrected chi connectivity index (χ0v) is 18.8. The third-order valence-electron chi connectivity index (χ3n) is 5.44. The lowest BCUT2D eigenvalue weighted by molar-refractivity contribution is -0.122. The molecule has 1 aliphatic heterocycles. The number of likely N-dealkylation sites (tertiary alicyclic amines) is 1. The van der Waals surface area contributed by atoms with E-state index >= 15 is 0 Å². The van der Waals surface area contributed by atoms with Crippen molar-refractivity contribution in [3.05, 3.63) is 65.2 Å². The molecule has 1 N–H and O–H groups in total.